The Bertz CT molecular complexity index is 444. The lowest BCUT2D eigenvalue weighted by atomic mass is 10.0. The highest BCUT2D eigenvalue weighted by atomic mass is 19.1. The molecule has 92 valence electrons. The highest BCUT2D eigenvalue weighted by molar-refractivity contribution is 5.54. The molecule has 0 aliphatic carbocycles. The number of hydrogen-bond acceptors (Lipinski definition) is 4. The van der Waals surface area contributed by atoms with Crippen LogP contribution in [0.15, 0.2) is 6.07 Å². The van der Waals surface area contributed by atoms with Crippen LogP contribution in [0.4, 0.5) is 4.39 Å². The van der Waals surface area contributed by atoms with Gasteiger partial charge in [-0.15, -0.1) is 0 Å². The normalized spacial score (nSPS) is 22.1. The number of rotatable bonds is 2. The van der Waals surface area contributed by atoms with Crippen molar-refractivity contribution in [1.82, 2.24) is 5.32 Å². The smallest absolute Gasteiger partial charge is 0.231 e. The minimum Gasteiger partial charge on any atom is -0.505 e. The van der Waals surface area contributed by atoms with Crippen LogP contribution in [0.25, 0.3) is 0 Å². The van der Waals surface area contributed by atoms with Gasteiger partial charge in [-0.25, -0.2) is 4.39 Å². The third-order valence-corrected chi connectivity index (χ3v) is 3.29. The van der Waals surface area contributed by atoms with E-state index in [2.05, 4.69) is 5.32 Å². The van der Waals surface area contributed by atoms with Crippen LogP contribution in [-0.4, -0.2) is 24.5 Å². The lowest BCUT2D eigenvalue weighted by Crippen LogP contribution is -2.24. The fourth-order valence-electron chi connectivity index (χ4n) is 2.43. The van der Waals surface area contributed by atoms with Gasteiger partial charge in [-0.1, -0.05) is 0 Å². The van der Waals surface area contributed by atoms with E-state index in [0.29, 0.717) is 23.5 Å². The number of aromatic hydroxyl groups is 1. The van der Waals surface area contributed by atoms with Gasteiger partial charge in [0, 0.05) is 17.7 Å². The maximum Gasteiger partial charge on any atom is 0.231 e. The van der Waals surface area contributed by atoms with Gasteiger partial charge >= 0.3 is 0 Å². The topological polar surface area (TPSA) is 50.7 Å². The molecule has 2 N–H and O–H groups in total. The Kier molecular flexibility index (Phi) is 2.55. The summed E-state index contributed by atoms with van der Waals surface area (Å²) in [5.74, 6) is -0.101. The molecule has 0 bridgehead atoms. The number of ether oxygens (including phenoxy) is 2. The molecule has 0 spiro atoms. The summed E-state index contributed by atoms with van der Waals surface area (Å²) in [6.07, 6.45) is 2.64. The van der Waals surface area contributed by atoms with Crippen LogP contribution in [0.2, 0.25) is 0 Å². The van der Waals surface area contributed by atoms with Crippen molar-refractivity contribution >= 4 is 0 Å². The maximum absolute atomic E-state index is 13.9. The van der Waals surface area contributed by atoms with E-state index in [1.54, 1.807) is 0 Å². The molecule has 2 aliphatic heterocycles. The molecular weight excluding hydrogens is 225 g/mol. The number of nitrogens with one attached hydrogen (secondary N) is 1. The Morgan fingerprint density at radius 3 is 3.12 bits per heavy atom. The molecular formula is C12H14FNO3. The summed E-state index contributed by atoms with van der Waals surface area (Å²) in [6, 6.07) is 1.52. The molecule has 17 heavy (non-hydrogen) atoms. The first kappa shape index (κ1) is 10.7. The molecule has 0 radical (unpaired) electrons. The van der Waals surface area contributed by atoms with Crippen molar-refractivity contribution < 1.29 is 19.0 Å². The summed E-state index contributed by atoms with van der Waals surface area (Å²) in [4.78, 5) is 0. The molecule has 1 aromatic carbocycles. The van der Waals surface area contributed by atoms with E-state index in [1.807, 2.05) is 0 Å². The van der Waals surface area contributed by atoms with Crippen LogP contribution >= 0.6 is 0 Å². The van der Waals surface area contributed by atoms with Crippen LogP contribution in [-0.2, 0) is 6.42 Å². The minimum absolute atomic E-state index is 0.0866. The van der Waals surface area contributed by atoms with Crippen molar-refractivity contribution in [3.8, 4) is 17.2 Å². The third-order valence-electron chi connectivity index (χ3n) is 3.29. The SMILES string of the molecule is Oc1cc2c(c(CC3CCCN3)c1F)OCO2. The Morgan fingerprint density at radius 2 is 2.35 bits per heavy atom. The fraction of sp³-hybridized carbons (Fsp3) is 0.500. The van der Waals surface area contributed by atoms with E-state index in [1.165, 1.54) is 6.07 Å². The van der Waals surface area contributed by atoms with E-state index in [4.69, 9.17) is 9.47 Å². The van der Waals surface area contributed by atoms with Gasteiger partial charge in [0.1, 0.15) is 0 Å². The quantitative estimate of drug-likeness (QED) is 0.822. The number of phenols is 1. The highest BCUT2D eigenvalue weighted by Gasteiger charge is 2.27. The summed E-state index contributed by atoms with van der Waals surface area (Å²) in [5, 5.41) is 12.8. The van der Waals surface area contributed by atoms with Crippen molar-refractivity contribution in [3.63, 3.8) is 0 Å². The number of hydrogen-bond donors (Lipinski definition) is 2. The second-order valence-corrected chi connectivity index (χ2v) is 4.42. The molecule has 1 saturated heterocycles. The molecule has 1 aromatic rings. The Labute approximate surface area is 98.3 Å². The Morgan fingerprint density at radius 1 is 1.47 bits per heavy atom. The number of benzene rings is 1. The molecule has 0 amide bonds. The standard InChI is InChI=1S/C12H14FNO3/c13-11-8(4-7-2-1-3-14-7)12-10(5-9(11)15)16-6-17-12/h5,7,14-15H,1-4,6H2. The molecule has 1 fully saturated rings. The van der Waals surface area contributed by atoms with Gasteiger partial charge in [0.05, 0.1) is 0 Å². The second kappa shape index (κ2) is 4.07. The van der Waals surface area contributed by atoms with Crippen molar-refractivity contribution in [2.75, 3.05) is 13.3 Å². The van der Waals surface area contributed by atoms with Gasteiger partial charge in [0.2, 0.25) is 6.79 Å². The number of halogens is 1. The van der Waals surface area contributed by atoms with Gasteiger partial charge in [-0.2, -0.15) is 0 Å². The predicted octanol–water partition coefficient (Wildman–Crippen LogP) is 1.55. The summed E-state index contributed by atoms with van der Waals surface area (Å²) < 4.78 is 24.3. The first-order valence-electron chi connectivity index (χ1n) is 5.79. The fourth-order valence-corrected chi connectivity index (χ4v) is 2.43. The van der Waals surface area contributed by atoms with Gasteiger partial charge in [0.25, 0.3) is 0 Å². The average Bonchev–Trinajstić information content (AvgIpc) is 2.94. The van der Waals surface area contributed by atoms with Crippen molar-refractivity contribution in [3.05, 3.63) is 17.4 Å². The minimum atomic E-state index is -0.594. The molecule has 5 heteroatoms. The lowest BCUT2D eigenvalue weighted by molar-refractivity contribution is 0.173. The second-order valence-electron chi connectivity index (χ2n) is 4.42. The largest absolute Gasteiger partial charge is 0.505 e. The summed E-state index contributed by atoms with van der Waals surface area (Å²) in [5.41, 5.74) is 0.414. The van der Waals surface area contributed by atoms with Gasteiger partial charge < -0.3 is 19.9 Å². The zero-order valence-electron chi connectivity index (χ0n) is 9.33. The van der Waals surface area contributed by atoms with E-state index in [-0.39, 0.29) is 18.6 Å². The maximum atomic E-state index is 13.9. The van der Waals surface area contributed by atoms with Crippen LogP contribution < -0.4 is 14.8 Å². The zero-order chi connectivity index (χ0) is 11.8. The van der Waals surface area contributed by atoms with Crippen molar-refractivity contribution in [2.24, 2.45) is 0 Å². The monoisotopic (exact) mass is 239 g/mol. The number of phenolic OH excluding ortho intramolecular Hbond substituents is 1. The summed E-state index contributed by atoms with van der Waals surface area (Å²) >= 11 is 0. The Hall–Kier alpha value is -1.49. The van der Waals surface area contributed by atoms with Crippen molar-refractivity contribution in [2.45, 2.75) is 25.3 Å². The molecule has 2 heterocycles. The third kappa shape index (κ3) is 1.80. The van der Waals surface area contributed by atoms with Crippen LogP contribution in [0.3, 0.4) is 0 Å². The molecule has 2 aliphatic rings. The van der Waals surface area contributed by atoms with E-state index in [0.717, 1.165) is 19.4 Å². The van der Waals surface area contributed by atoms with E-state index in [9.17, 15) is 9.50 Å². The van der Waals surface area contributed by atoms with E-state index < -0.39 is 5.82 Å². The molecule has 3 rings (SSSR count). The molecule has 1 unspecified atom stereocenters. The lowest BCUT2D eigenvalue weighted by Gasteiger charge is -2.13. The van der Waals surface area contributed by atoms with E-state index >= 15 is 0 Å². The first-order chi connectivity index (χ1) is 8.25. The zero-order valence-corrected chi connectivity index (χ0v) is 9.33. The van der Waals surface area contributed by atoms with Gasteiger partial charge in [0.15, 0.2) is 23.1 Å². The summed E-state index contributed by atoms with van der Waals surface area (Å²) in [7, 11) is 0. The highest BCUT2D eigenvalue weighted by Crippen LogP contribution is 2.42. The summed E-state index contributed by atoms with van der Waals surface area (Å²) in [6.45, 7) is 1.05. The molecule has 0 saturated carbocycles. The van der Waals surface area contributed by atoms with Crippen LogP contribution in [0.5, 0.6) is 17.2 Å². The van der Waals surface area contributed by atoms with Crippen molar-refractivity contribution in [1.29, 1.82) is 0 Å². The molecule has 4 nitrogen and oxygen atoms in total. The first-order valence-corrected chi connectivity index (χ1v) is 5.79. The number of fused-ring (bicyclic) bond motifs is 1. The van der Waals surface area contributed by atoms with Crippen LogP contribution in [0.1, 0.15) is 18.4 Å². The van der Waals surface area contributed by atoms with Gasteiger partial charge in [-0.05, 0) is 25.8 Å². The van der Waals surface area contributed by atoms with Gasteiger partial charge in [-0.3, -0.25) is 0 Å². The molecule has 0 aromatic heterocycles. The average molecular weight is 239 g/mol. The molecule has 1 atom stereocenters. The Balaban J connectivity index is 1.96. The van der Waals surface area contributed by atoms with Crippen LogP contribution in [0, 0.1) is 5.82 Å². The predicted molar refractivity (Wildman–Crippen MR) is 58.9 cm³/mol.